The van der Waals surface area contributed by atoms with Crippen LogP contribution in [0.1, 0.15) is 46.1 Å². The SMILES string of the molecule is CC(C)C(C(=O)N1CCCC1)(c1ccccc1)C(C)(C)C(=O)O. The summed E-state index contributed by atoms with van der Waals surface area (Å²) < 4.78 is 0. The summed E-state index contributed by atoms with van der Waals surface area (Å²) in [6.45, 7) is 8.69. The lowest BCUT2D eigenvalue weighted by Crippen LogP contribution is -2.60. The summed E-state index contributed by atoms with van der Waals surface area (Å²) in [5, 5.41) is 9.91. The van der Waals surface area contributed by atoms with Gasteiger partial charge in [-0.15, -0.1) is 0 Å². The first kappa shape index (κ1) is 17.5. The van der Waals surface area contributed by atoms with Gasteiger partial charge in [0.1, 0.15) is 0 Å². The molecule has 1 unspecified atom stereocenters. The summed E-state index contributed by atoms with van der Waals surface area (Å²) >= 11 is 0. The molecular formula is C19H27NO3. The van der Waals surface area contributed by atoms with Crippen molar-refractivity contribution in [2.75, 3.05) is 13.1 Å². The van der Waals surface area contributed by atoms with Crippen molar-refractivity contribution in [2.24, 2.45) is 11.3 Å². The molecule has 0 aliphatic carbocycles. The van der Waals surface area contributed by atoms with E-state index in [0.717, 1.165) is 31.5 Å². The minimum Gasteiger partial charge on any atom is -0.481 e. The second-order valence-electron chi connectivity index (χ2n) is 7.26. The summed E-state index contributed by atoms with van der Waals surface area (Å²) in [4.78, 5) is 27.5. The Kier molecular flexibility index (Phi) is 4.83. The number of hydrogen-bond acceptors (Lipinski definition) is 2. The van der Waals surface area contributed by atoms with Crippen LogP contribution in [0.5, 0.6) is 0 Å². The van der Waals surface area contributed by atoms with Crippen LogP contribution >= 0.6 is 0 Å². The van der Waals surface area contributed by atoms with Crippen molar-refractivity contribution in [1.82, 2.24) is 4.90 Å². The zero-order valence-corrected chi connectivity index (χ0v) is 14.5. The summed E-state index contributed by atoms with van der Waals surface area (Å²) in [5.41, 5.74) is -1.49. The molecule has 4 nitrogen and oxygen atoms in total. The van der Waals surface area contributed by atoms with Crippen LogP contribution in [0, 0.1) is 11.3 Å². The first-order valence-electron chi connectivity index (χ1n) is 8.34. The monoisotopic (exact) mass is 317 g/mol. The standard InChI is InChI=1S/C19H27NO3/c1-14(2)19(18(3,4)17(22)23,15-10-6-5-7-11-15)16(21)20-12-8-9-13-20/h5-7,10-11,14H,8-9,12-13H2,1-4H3,(H,22,23). The quantitative estimate of drug-likeness (QED) is 0.906. The van der Waals surface area contributed by atoms with Crippen molar-refractivity contribution >= 4 is 11.9 Å². The molecule has 23 heavy (non-hydrogen) atoms. The number of benzene rings is 1. The van der Waals surface area contributed by atoms with Gasteiger partial charge in [0.15, 0.2) is 0 Å². The van der Waals surface area contributed by atoms with Gasteiger partial charge in [0.2, 0.25) is 5.91 Å². The van der Waals surface area contributed by atoms with Crippen LogP contribution in [-0.4, -0.2) is 35.0 Å². The zero-order chi connectivity index (χ0) is 17.3. The number of carbonyl (C=O) groups excluding carboxylic acids is 1. The van der Waals surface area contributed by atoms with Crippen LogP contribution in [0.3, 0.4) is 0 Å². The minimum atomic E-state index is -1.21. The van der Waals surface area contributed by atoms with Crippen molar-refractivity contribution < 1.29 is 14.7 Å². The topological polar surface area (TPSA) is 57.6 Å². The Hall–Kier alpha value is -1.84. The lowest BCUT2D eigenvalue weighted by Gasteiger charge is -2.48. The molecule has 0 bridgehead atoms. The molecule has 1 saturated heterocycles. The maximum Gasteiger partial charge on any atom is 0.310 e. The third-order valence-electron chi connectivity index (χ3n) is 5.35. The number of aliphatic carboxylic acids is 1. The van der Waals surface area contributed by atoms with E-state index in [1.54, 1.807) is 13.8 Å². The average molecular weight is 317 g/mol. The van der Waals surface area contributed by atoms with Crippen molar-refractivity contribution in [2.45, 2.75) is 46.0 Å². The van der Waals surface area contributed by atoms with Crippen LogP contribution in [0.25, 0.3) is 0 Å². The molecule has 1 fully saturated rings. The molecule has 1 aliphatic rings. The van der Waals surface area contributed by atoms with Gasteiger partial charge in [-0.1, -0.05) is 44.2 Å². The van der Waals surface area contributed by atoms with Crippen LogP contribution in [0.2, 0.25) is 0 Å². The van der Waals surface area contributed by atoms with E-state index in [2.05, 4.69) is 0 Å². The summed E-state index contributed by atoms with van der Waals surface area (Å²) in [5.74, 6) is -1.13. The summed E-state index contributed by atoms with van der Waals surface area (Å²) in [6, 6.07) is 9.42. The lowest BCUT2D eigenvalue weighted by atomic mass is 9.55. The molecule has 1 N–H and O–H groups in total. The van der Waals surface area contributed by atoms with E-state index in [1.165, 1.54) is 0 Å². The molecular weight excluding hydrogens is 290 g/mol. The molecule has 4 heteroatoms. The van der Waals surface area contributed by atoms with E-state index in [9.17, 15) is 14.7 Å². The van der Waals surface area contributed by atoms with Gasteiger partial charge in [0.25, 0.3) is 0 Å². The highest BCUT2D eigenvalue weighted by molar-refractivity contribution is 5.95. The average Bonchev–Trinajstić information content (AvgIpc) is 3.02. The molecule has 1 atom stereocenters. The van der Waals surface area contributed by atoms with E-state index in [0.29, 0.717) is 0 Å². The number of rotatable bonds is 5. The Balaban J connectivity index is 2.70. The first-order chi connectivity index (χ1) is 10.8. The third kappa shape index (κ3) is 2.64. The molecule has 0 radical (unpaired) electrons. The number of carboxylic acids is 1. The fourth-order valence-corrected chi connectivity index (χ4v) is 4.09. The molecule has 1 aromatic carbocycles. The van der Waals surface area contributed by atoms with Crippen molar-refractivity contribution in [3.8, 4) is 0 Å². The highest BCUT2D eigenvalue weighted by Gasteiger charge is 2.59. The van der Waals surface area contributed by atoms with Gasteiger partial charge >= 0.3 is 5.97 Å². The lowest BCUT2D eigenvalue weighted by molar-refractivity contribution is -0.162. The Labute approximate surface area is 138 Å². The van der Waals surface area contributed by atoms with E-state index in [4.69, 9.17) is 0 Å². The van der Waals surface area contributed by atoms with E-state index < -0.39 is 16.8 Å². The first-order valence-corrected chi connectivity index (χ1v) is 8.34. The Bertz CT molecular complexity index is 574. The Morgan fingerprint density at radius 1 is 1.09 bits per heavy atom. The highest BCUT2D eigenvalue weighted by Crippen LogP contribution is 2.49. The van der Waals surface area contributed by atoms with Gasteiger partial charge in [-0.25, -0.2) is 0 Å². The van der Waals surface area contributed by atoms with Gasteiger partial charge in [0.05, 0.1) is 10.8 Å². The zero-order valence-electron chi connectivity index (χ0n) is 14.5. The van der Waals surface area contributed by atoms with Crippen molar-refractivity contribution in [1.29, 1.82) is 0 Å². The van der Waals surface area contributed by atoms with Crippen LogP contribution < -0.4 is 0 Å². The number of carbonyl (C=O) groups is 2. The normalized spacial score (nSPS) is 18.0. The fourth-order valence-electron chi connectivity index (χ4n) is 4.09. The maximum atomic E-state index is 13.5. The van der Waals surface area contributed by atoms with Gasteiger partial charge in [-0.3, -0.25) is 9.59 Å². The molecule has 1 heterocycles. The summed E-state index contributed by atoms with van der Waals surface area (Å²) in [6.07, 6.45) is 1.98. The summed E-state index contributed by atoms with van der Waals surface area (Å²) in [7, 11) is 0. The Morgan fingerprint density at radius 3 is 2.04 bits per heavy atom. The minimum absolute atomic E-state index is 0.0522. The van der Waals surface area contributed by atoms with Gasteiger partial charge in [0, 0.05) is 13.1 Å². The van der Waals surface area contributed by atoms with E-state index in [1.807, 2.05) is 49.1 Å². The van der Waals surface area contributed by atoms with Crippen LogP contribution in [-0.2, 0) is 15.0 Å². The molecule has 1 aliphatic heterocycles. The second kappa shape index (κ2) is 6.34. The van der Waals surface area contributed by atoms with E-state index in [-0.39, 0.29) is 11.8 Å². The highest BCUT2D eigenvalue weighted by atomic mass is 16.4. The maximum absolute atomic E-state index is 13.5. The smallest absolute Gasteiger partial charge is 0.310 e. The molecule has 2 rings (SSSR count). The third-order valence-corrected chi connectivity index (χ3v) is 5.35. The molecule has 0 spiro atoms. The molecule has 126 valence electrons. The predicted octanol–water partition coefficient (Wildman–Crippen LogP) is 3.31. The van der Waals surface area contributed by atoms with Gasteiger partial charge < -0.3 is 10.0 Å². The van der Waals surface area contributed by atoms with E-state index >= 15 is 0 Å². The number of carboxylic acid groups (broad SMARTS) is 1. The predicted molar refractivity (Wildman–Crippen MR) is 90.2 cm³/mol. The van der Waals surface area contributed by atoms with Gasteiger partial charge in [-0.05, 0) is 38.2 Å². The number of nitrogens with zero attached hydrogens (tertiary/aromatic N) is 1. The number of amides is 1. The molecule has 0 aromatic heterocycles. The van der Waals surface area contributed by atoms with Crippen molar-refractivity contribution in [3.05, 3.63) is 35.9 Å². The number of hydrogen-bond donors (Lipinski definition) is 1. The molecule has 1 amide bonds. The Morgan fingerprint density at radius 2 is 1.61 bits per heavy atom. The van der Waals surface area contributed by atoms with Crippen LogP contribution in [0.15, 0.2) is 30.3 Å². The second-order valence-corrected chi connectivity index (χ2v) is 7.26. The van der Waals surface area contributed by atoms with Gasteiger partial charge in [-0.2, -0.15) is 0 Å². The largest absolute Gasteiger partial charge is 0.481 e. The van der Waals surface area contributed by atoms with Crippen LogP contribution in [0.4, 0.5) is 0 Å². The van der Waals surface area contributed by atoms with Crippen molar-refractivity contribution in [3.63, 3.8) is 0 Å². The fraction of sp³-hybridized carbons (Fsp3) is 0.579. The molecule has 1 aromatic rings. The number of likely N-dealkylation sites (tertiary alicyclic amines) is 1. The molecule has 0 saturated carbocycles.